The van der Waals surface area contributed by atoms with Crippen LogP contribution in [0.4, 0.5) is 0 Å². The fourth-order valence-corrected chi connectivity index (χ4v) is 3.38. The van der Waals surface area contributed by atoms with Crippen molar-refractivity contribution in [2.45, 2.75) is 19.9 Å². The Labute approximate surface area is 147 Å². The average molecular weight is 334 g/mol. The molecule has 5 heteroatoms. The molecule has 2 aromatic heterocycles. The van der Waals surface area contributed by atoms with Gasteiger partial charge in [-0.25, -0.2) is 4.98 Å². The molecule has 5 nitrogen and oxygen atoms in total. The van der Waals surface area contributed by atoms with E-state index in [2.05, 4.69) is 39.5 Å². The van der Waals surface area contributed by atoms with E-state index in [4.69, 9.17) is 0 Å². The summed E-state index contributed by atoms with van der Waals surface area (Å²) in [6.45, 7) is 5.51. The highest BCUT2D eigenvalue weighted by Crippen LogP contribution is 2.17. The van der Waals surface area contributed by atoms with Gasteiger partial charge in [0, 0.05) is 38.6 Å². The molecule has 0 saturated heterocycles. The van der Waals surface area contributed by atoms with Gasteiger partial charge in [-0.1, -0.05) is 30.3 Å². The predicted octanol–water partition coefficient (Wildman–Crippen LogP) is 2.43. The number of rotatable bonds is 4. The van der Waals surface area contributed by atoms with Crippen molar-refractivity contribution in [3.05, 3.63) is 71.2 Å². The zero-order valence-corrected chi connectivity index (χ0v) is 14.4. The lowest BCUT2D eigenvalue weighted by Crippen LogP contribution is -2.37. The Morgan fingerprint density at radius 3 is 2.88 bits per heavy atom. The van der Waals surface area contributed by atoms with Gasteiger partial charge in [0.2, 0.25) is 0 Å². The van der Waals surface area contributed by atoms with Gasteiger partial charge in [-0.15, -0.1) is 0 Å². The molecule has 1 N–H and O–H groups in total. The number of imidazole rings is 1. The van der Waals surface area contributed by atoms with Crippen molar-refractivity contribution < 1.29 is 4.79 Å². The number of nitrogens with zero attached hydrogens (tertiary/aromatic N) is 3. The molecule has 25 heavy (non-hydrogen) atoms. The summed E-state index contributed by atoms with van der Waals surface area (Å²) >= 11 is 0. The van der Waals surface area contributed by atoms with Crippen molar-refractivity contribution in [1.29, 1.82) is 0 Å². The first-order chi connectivity index (χ1) is 12.2. The molecule has 0 radical (unpaired) electrons. The lowest BCUT2D eigenvalue weighted by molar-refractivity contribution is 0.0943. The standard InChI is InChI=1S/C20H22N4O/c1-15-6-7-19-22-18(14-24(19)12-15)20(25)21-9-11-23-10-8-16-4-2-3-5-17(16)13-23/h2-7,12,14H,8-11,13H2,1H3,(H,21,25). The van der Waals surface area contributed by atoms with Gasteiger partial charge in [0.15, 0.2) is 0 Å². The van der Waals surface area contributed by atoms with Gasteiger partial charge in [0.1, 0.15) is 11.3 Å². The van der Waals surface area contributed by atoms with Crippen LogP contribution in [0.25, 0.3) is 5.65 Å². The number of pyridine rings is 1. The molecule has 0 spiro atoms. The van der Waals surface area contributed by atoms with Crippen LogP contribution >= 0.6 is 0 Å². The summed E-state index contributed by atoms with van der Waals surface area (Å²) in [7, 11) is 0. The molecule has 0 fully saturated rings. The van der Waals surface area contributed by atoms with Crippen LogP contribution in [-0.2, 0) is 13.0 Å². The van der Waals surface area contributed by atoms with E-state index in [1.165, 1.54) is 11.1 Å². The molecule has 1 amide bonds. The molecule has 0 atom stereocenters. The molecule has 0 unspecified atom stereocenters. The minimum Gasteiger partial charge on any atom is -0.349 e. The summed E-state index contributed by atoms with van der Waals surface area (Å²) < 4.78 is 1.89. The first kappa shape index (κ1) is 15.8. The Kier molecular flexibility index (Phi) is 4.24. The molecule has 1 aliphatic rings. The van der Waals surface area contributed by atoms with E-state index in [-0.39, 0.29) is 5.91 Å². The van der Waals surface area contributed by atoms with Gasteiger partial charge in [-0.05, 0) is 36.1 Å². The summed E-state index contributed by atoms with van der Waals surface area (Å²) in [6, 6.07) is 12.5. The fraction of sp³-hybridized carbons (Fsp3) is 0.300. The number of carbonyl (C=O) groups excluding carboxylic acids is 1. The monoisotopic (exact) mass is 334 g/mol. The summed E-state index contributed by atoms with van der Waals surface area (Å²) in [5.41, 5.74) is 5.25. The fourth-order valence-electron chi connectivity index (χ4n) is 3.38. The van der Waals surface area contributed by atoms with E-state index in [1.807, 2.05) is 29.7 Å². The van der Waals surface area contributed by atoms with E-state index in [1.54, 1.807) is 6.20 Å². The van der Waals surface area contributed by atoms with E-state index in [0.717, 1.165) is 37.3 Å². The first-order valence-corrected chi connectivity index (χ1v) is 8.72. The smallest absolute Gasteiger partial charge is 0.271 e. The van der Waals surface area contributed by atoms with Crippen LogP contribution in [0.15, 0.2) is 48.8 Å². The van der Waals surface area contributed by atoms with Gasteiger partial charge in [0.25, 0.3) is 5.91 Å². The normalized spacial score (nSPS) is 14.4. The Hall–Kier alpha value is -2.66. The van der Waals surface area contributed by atoms with Gasteiger partial charge in [-0.3, -0.25) is 9.69 Å². The van der Waals surface area contributed by atoms with Gasteiger partial charge < -0.3 is 9.72 Å². The van der Waals surface area contributed by atoms with E-state index in [0.29, 0.717) is 12.2 Å². The summed E-state index contributed by atoms with van der Waals surface area (Å²) in [5.74, 6) is -0.112. The lowest BCUT2D eigenvalue weighted by Gasteiger charge is -2.28. The maximum atomic E-state index is 12.3. The van der Waals surface area contributed by atoms with Crippen LogP contribution in [-0.4, -0.2) is 39.8 Å². The number of hydrogen-bond acceptors (Lipinski definition) is 3. The van der Waals surface area contributed by atoms with Crippen molar-refractivity contribution in [1.82, 2.24) is 19.6 Å². The molecule has 0 aliphatic carbocycles. The van der Waals surface area contributed by atoms with Gasteiger partial charge in [0.05, 0.1) is 0 Å². The number of hydrogen-bond donors (Lipinski definition) is 1. The molecule has 1 aliphatic heterocycles. The number of fused-ring (bicyclic) bond motifs is 2. The Bertz CT molecular complexity index is 915. The Balaban J connectivity index is 1.33. The highest BCUT2D eigenvalue weighted by atomic mass is 16.1. The van der Waals surface area contributed by atoms with Crippen LogP contribution in [0.2, 0.25) is 0 Å². The molecular weight excluding hydrogens is 312 g/mol. The molecule has 0 saturated carbocycles. The zero-order chi connectivity index (χ0) is 17.2. The van der Waals surface area contributed by atoms with Gasteiger partial charge >= 0.3 is 0 Å². The van der Waals surface area contributed by atoms with Crippen LogP contribution in [0.5, 0.6) is 0 Å². The van der Waals surface area contributed by atoms with Crippen LogP contribution in [0.3, 0.4) is 0 Å². The third-order valence-electron chi connectivity index (χ3n) is 4.75. The quantitative estimate of drug-likeness (QED) is 0.797. The summed E-state index contributed by atoms with van der Waals surface area (Å²) in [5, 5.41) is 2.99. The number of aryl methyl sites for hydroxylation is 1. The number of carbonyl (C=O) groups is 1. The third kappa shape index (κ3) is 3.42. The first-order valence-electron chi connectivity index (χ1n) is 8.72. The number of benzene rings is 1. The van der Waals surface area contributed by atoms with Crippen molar-refractivity contribution in [2.75, 3.05) is 19.6 Å². The second kappa shape index (κ2) is 6.69. The van der Waals surface area contributed by atoms with Gasteiger partial charge in [-0.2, -0.15) is 0 Å². The molecule has 128 valence electrons. The molecule has 3 heterocycles. The second-order valence-corrected chi connectivity index (χ2v) is 6.65. The summed E-state index contributed by atoms with van der Waals surface area (Å²) in [6.07, 6.45) is 4.84. The average Bonchev–Trinajstić information content (AvgIpc) is 3.05. The molecule has 3 aromatic rings. The molecule has 0 bridgehead atoms. The second-order valence-electron chi connectivity index (χ2n) is 6.65. The number of amides is 1. The predicted molar refractivity (Wildman–Crippen MR) is 97.7 cm³/mol. The molecule has 1 aromatic carbocycles. The highest BCUT2D eigenvalue weighted by Gasteiger charge is 2.16. The van der Waals surface area contributed by atoms with Crippen LogP contribution < -0.4 is 5.32 Å². The zero-order valence-electron chi connectivity index (χ0n) is 14.4. The highest BCUT2D eigenvalue weighted by molar-refractivity contribution is 5.92. The molecular formula is C20H22N4O. The minimum absolute atomic E-state index is 0.112. The Morgan fingerprint density at radius 2 is 2.00 bits per heavy atom. The SMILES string of the molecule is Cc1ccc2nc(C(=O)NCCN3CCc4ccccc4C3)cn2c1. The maximum Gasteiger partial charge on any atom is 0.271 e. The van der Waals surface area contributed by atoms with Crippen LogP contribution in [0, 0.1) is 6.92 Å². The van der Waals surface area contributed by atoms with E-state index >= 15 is 0 Å². The van der Waals surface area contributed by atoms with Crippen molar-refractivity contribution >= 4 is 11.6 Å². The van der Waals surface area contributed by atoms with E-state index < -0.39 is 0 Å². The largest absolute Gasteiger partial charge is 0.349 e. The van der Waals surface area contributed by atoms with E-state index in [9.17, 15) is 4.79 Å². The third-order valence-corrected chi connectivity index (χ3v) is 4.75. The Morgan fingerprint density at radius 1 is 1.16 bits per heavy atom. The topological polar surface area (TPSA) is 49.6 Å². The minimum atomic E-state index is -0.112. The molecule has 4 rings (SSSR count). The summed E-state index contributed by atoms with van der Waals surface area (Å²) in [4.78, 5) is 19.1. The van der Waals surface area contributed by atoms with Crippen LogP contribution in [0.1, 0.15) is 27.2 Å². The van der Waals surface area contributed by atoms with Crippen molar-refractivity contribution in [3.8, 4) is 0 Å². The number of aromatic nitrogens is 2. The number of nitrogens with one attached hydrogen (secondary N) is 1. The maximum absolute atomic E-state index is 12.3. The van der Waals surface area contributed by atoms with Crippen molar-refractivity contribution in [2.24, 2.45) is 0 Å². The lowest BCUT2D eigenvalue weighted by atomic mass is 10.00. The van der Waals surface area contributed by atoms with Crippen molar-refractivity contribution in [3.63, 3.8) is 0 Å².